The third-order valence-electron chi connectivity index (χ3n) is 3.25. The summed E-state index contributed by atoms with van der Waals surface area (Å²) in [5, 5.41) is 9.44. The largest absolute Gasteiger partial charge is 0.393 e. The summed E-state index contributed by atoms with van der Waals surface area (Å²) in [6, 6.07) is 10.5. The van der Waals surface area contributed by atoms with Gasteiger partial charge in [-0.25, -0.2) is 0 Å². The van der Waals surface area contributed by atoms with E-state index in [0.717, 1.165) is 32.4 Å². The Morgan fingerprint density at radius 2 is 2.00 bits per heavy atom. The lowest BCUT2D eigenvalue weighted by Crippen LogP contribution is -2.23. The van der Waals surface area contributed by atoms with Crippen molar-refractivity contribution in [1.29, 1.82) is 0 Å². The second-order valence-corrected chi connectivity index (χ2v) is 4.95. The Bertz CT molecular complexity index is 372. The van der Waals surface area contributed by atoms with E-state index in [0.29, 0.717) is 0 Å². The van der Waals surface area contributed by atoms with Crippen LogP contribution in [-0.4, -0.2) is 29.7 Å². The molecule has 1 unspecified atom stereocenters. The number of hydrogen-bond donors (Lipinski definition) is 1. The van der Waals surface area contributed by atoms with Crippen molar-refractivity contribution >= 4 is 0 Å². The molecule has 0 aliphatic heterocycles. The second kappa shape index (κ2) is 5.99. The van der Waals surface area contributed by atoms with Crippen molar-refractivity contribution in [3.8, 4) is 0 Å². The third-order valence-corrected chi connectivity index (χ3v) is 3.25. The molecule has 2 rings (SSSR count). The van der Waals surface area contributed by atoms with E-state index in [2.05, 4.69) is 48.4 Å². The Morgan fingerprint density at radius 3 is 2.65 bits per heavy atom. The van der Waals surface area contributed by atoms with Gasteiger partial charge in [-0.15, -0.1) is 0 Å². The van der Waals surface area contributed by atoms with Gasteiger partial charge in [0.2, 0.25) is 0 Å². The van der Waals surface area contributed by atoms with Crippen LogP contribution in [0.4, 0.5) is 0 Å². The average molecular weight is 231 g/mol. The van der Waals surface area contributed by atoms with Crippen LogP contribution in [0.3, 0.4) is 0 Å². The van der Waals surface area contributed by atoms with E-state index in [9.17, 15) is 5.11 Å². The minimum Gasteiger partial charge on any atom is -0.393 e. The molecule has 2 heteroatoms. The molecule has 17 heavy (non-hydrogen) atoms. The van der Waals surface area contributed by atoms with Crippen LogP contribution < -0.4 is 0 Å². The number of aliphatic hydroxyl groups is 1. The van der Waals surface area contributed by atoms with E-state index in [1.807, 2.05) is 0 Å². The monoisotopic (exact) mass is 231 g/mol. The van der Waals surface area contributed by atoms with E-state index >= 15 is 0 Å². The van der Waals surface area contributed by atoms with E-state index in [-0.39, 0.29) is 6.10 Å². The first-order valence-corrected chi connectivity index (χ1v) is 6.32. The number of rotatable bonds is 4. The van der Waals surface area contributed by atoms with Gasteiger partial charge in [-0.2, -0.15) is 0 Å². The van der Waals surface area contributed by atoms with Gasteiger partial charge in [0.1, 0.15) is 0 Å². The molecule has 0 amide bonds. The highest BCUT2D eigenvalue weighted by Crippen LogP contribution is 2.19. The predicted octanol–water partition coefficient (Wildman–Crippen LogP) is 2.59. The molecule has 1 aromatic carbocycles. The fraction of sp³-hybridized carbons (Fsp3) is 0.467. The molecule has 92 valence electrons. The lowest BCUT2D eigenvalue weighted by Gasteiger charge is -2.23. The summed E-state index contributed by atoms with van der Waals surface area (Å²) in [5.41, 5.74) is 2.82. The lowest BCUT2D eigenvalue weighted by atomic mass is 9.97. The van der Waals surface area contributed by atoms with Gasteiger partial charge in [0.25, 0.3) is 0 Å². The maximum absolute atomic E-state index is 9.44. The summed E-state index contributed by atoms with van der Waals surface area (Å²) >= 11 is 0. The number of hydrogen-bond acceptors (Lipinski definition) is 2. The summed E-state index contributed by atoms with van der Waals surface area (Å²) in [4.78, 5) is 2.33. The van der Waals surface area contributed by atoms with Crippen molar-refractivity contribution in [3.63, 3.8) is 0 Å². The molecule has 1 aromatic rings. The molecular weight excluding hydrogens is 210 g/mol. The summed E-state index contributed by atoms with van der Waals surface area (Å²) in [7, 11) is 2.15. The summed E-state index contributed by atoms with van der Waals surface area (Å²) < 4.78 is 0. The van der Waals surface area contributed by atoms with Crippen LogP contribution >= 0.6 is 0 Å². The Kier molecular flexibility index (Phi) is 4.35. The maximum Gasteiger partial charge on any atom is 0.0577 e. The van der Waals surface area contributed by atoms with E-state index in [1.54, 1.807) is 0 Å². The fourth-order valence-electron chi connectivity index (χ4n) is 2.32. The number of aliphatic hydroxyl groups excluding tert-OH is 1. The molecule has 1 aliphatic rings. The molecule has 1 N–H and O–H groups in total. The molecular formula is C15H21NO. The Balaban J connectivity index is 1.83. The van der Waals surface area contributed by atoms with Crippen molar-refractivity contribution in [1.82, 2.24) is 4.90 Å². The first-order chi connectivity index (χ1) is 8.24. The maximum atomic E-state index is 9.44. The summed E-state index contributed by atoms with van der Waals surface area (Å²) in [6.45, 7) is 2.00. The van der Waals surface area contributed by atoms with E-state index in [1.165, 1.54) is 11.1 Å². The van der Waals surface area contributed by atoms with Crippen LogP contribution in [0.5, 0.6) is 0 Å². The molecule has 1 aliphatic carbocycles. The van der Waals surface area contributed by atoms with Gasteiger partial charge in [-0.05, 0) is 31.9 Å². The van der Waals surface area contributed by atoms with Gasteiger partial charge >= 0.3 is 0 Å². The Hall–Kier alpha value is -1.12. The van der Waals surface area contributed by atoms with Crippen molar-refractivity contribution < 1.29 is 5.11 Å². The summed E-state index contributed by atoms with van der Waals surface area (Å²) in [5.74, 6) is 0. The number of benzene rings is 1. The number of likely N-dealkylation sites (N-methyl/N-ethyl adjacent to an activating group) is 1. The van der Waals surface area contributed by atoms with Crippen LogP contribution in [0.2, 0.25) is 0 Å². The van der Waals surface area contributed by atoms with Gasteiger partial charge < -0.3 is 5.11 Å². The quantitative estimate of drug-likeness (QED) is 0.805. The molecule has 0 spiro atoms. The molecule has 0 fully saturated rings. The predicted molar refractivity (Wildman–Crippen MR) is 70.7 cm³/mol. The third kappa shape index (κ3) is 3.99. The van der Waals surface area contributed by atoms with Gasteiger partial charge in [0, 0.05) is 13.1 Å². The highest BCUT2D eigenvalue weighted by Gasteiger charge is 2.12. The van der Waals surface area contributed by atoms with Gasteiger partial charge in [-0.1, -0.05) is 42.0 Å². The van der Waals surface area contributed by atoms with Crippen LogP contribution in [0.1, 0.15) is 24.8 Å². The normalized spacial score (nSPS) is 20.4. The minimum atomic E-state index is -0.113. The zero-order valence-corrected chi connectivity index (χ0v) is 10.5. The molecule has 0 saturated carbocycles. The smallest absolute Gasteiger partial charge is 0.0577 e. The van der Waals surface area contributed by atoms with Crippen LogP contribution in [-0.2, 0) is 6.54 Å². The molecule has 1 atom stereocenters. The van der Waals surface area contributed by atoms with Crippen molar-refractivity contribution in [3.05, 3.63) is 47.5 Å². The molecule has 2 nitrogen and oxygen atoms in total. The molecule has 0 aromatic heterocycles. The summed E-state index contributed by atoms with van der Waals surface area (Å²) in [6.07, 6.45) is 4.88. The Morgan fingerprint density at radius 1 is 1.24 bits per heavy atom. The minimum absolute atomic E-state index is 0.113. The first-order valence-electron chi connectivity index (χ1n) is 6.32. The van der Waals surface area contributed by atoms with Crippen LogP contribution in [0.15, 0.2) is 42.0 Å². The van der Waals surface area contributed by atoms with Crippen LogP contribution in [0.25, 0.3) is 0 Å². The van der Waals surface area contributed by atoms with Gasteiger partial charge in [-0.3, -0.25) is 4.90 Å². The lowest BCUT2D eigenvalue weighted by molar-refractivity contribution is 0.160. The molecule has 0 heterocycles. The van der Waals surface area contributed by atoms with Gasteiger partial charge in [0.15, 0.2) is 0 Å². The average Bonchev–Trinajstić information content (AvgIpc) is 2.33. The molecule has 0 radical (unpaired) electrons. The van der Waals surface area contributed by atoms with E-state index in [4.69, 9.17) is 0 Å². The number of nitrogens with zero attached hydrogens (tertiary/aromatic N) is 1. The zero-order chi connectivity index (χ0) is 12.1. The Labute approximate surface area is 104 Å². The SMILES string of the molecule is CN(CC1=CCC(O)CC1)Cc1ccccc1. The van der Waals surface area contributed by atoms with Crippen molar-refractivity contribution in [2.75, 3.05) is 13.6 Å². The molecule has 0 saturated heterocycles. The van der Waals surface area contributed by atoms with Gasteiger partial charge in [0.05, 0.1) is 6.10 Å². The second-order valence-electron chi connectivity index (χ2n) is 4.95. The standard InChI is InChI=1S/C15H21NO/c1-16(11-13-5-3-2-4-6-13)12-14-7-9-15(17)10-8-14/h2-7,15,17H,8-12H2,1H3. The van der Waals surface area contributed by atoms with E-state index < -0.39 is 0 Å². The topological polar surface area (TPSA) is 23.5 Å². The first kappa shape index (κ1) is 12.3. The zero-order valence-electron chi connectivity index (χ0n) is 10.5. The van der Waals surface area contributed by atoms with Crippen LogP contribution in [0, 0.1) is 0 Å². The fourth-order valence-corrected chi connectivity index (χ4v) is 2.32. The van der Waals surface area contributed by atoms with Crippen molar-refractivity contribution in [2.24, 2.45) is 0 Å². The highest BCUT2D eigenvalue weighted by molar-refractivity contribution is 5.15. The highest BCUT2D eigenvalue weighted by atomic mass is 16.3. The molecule has 0 bridgehead atoms. The van der Waals surface area contributed by atoms with Crippen molar-refractivity contribution in [2.45, 2.75) is 31.9 Å².